The van der Waals surface area contributed by atoms with Gasteiger partial charge in [0, 0.05) is 5.92 Å². The lowest BCUT2D eigenvalue weighted by molar-refractivity contribution is -0.143. The first kappa shape index (κ1) is 7.14. The first-order valence-corrected chi connectivity index (χ1v) is 4.47. The number of hydrogen-bond acceptors (Lipinski definition) is 2. The van der Waals surface area contributed by atoms with Crippen LogP contribution in [-0.4, -0.2) is 12.1 Å². The standard InChI is InChI=1S/C9H14O2/c1-6-3-2-4-7-5-8(10)11-9(6)7/h6-7,9H,2-5H2,1H3/t6-,7-,9+/m1/s1. The van der Waals surface area contributed by atoms with Crippen molar-refractivity contribution in [2.75, 3.05) is 0 Å². The molecule has 0 amide bonds. The molecule has 0 aromatic heterocycles. The molecule has 2 nitrogen and oxygen atoms in total. The van der Waals surface area contributed by atoms with Crippen LogP contribution >= 0.6 is 0 Å². The zero-order chi connectivity index (χ0) is 7.84. The second-order valence-corrected chi connectivity index (χ2v) is 3.83. The van der Waals surface area contributed by atoms with Crippen molar-refractivity contribution >= 4 is 5.97 Å². The van der Waals surface area contributed by atoms with Crippen LogP contribution in [0.2, 0.25) is 0 Å². The van der Waals surface area contributed by atoms with Gasteiger partial charge in [0.1, 0.15) is 6.10 Å². The van der Waals surface area contributed by atoms with Crippen molar-refractivity contribution in [2.45, 2.75) is 38.7 Å². The molecule has 2 rings (SSSR count). The summed E-state index contributed by atoms with van der Waals surface area (Å²) in [4.78, 5) is 10.9. The van der Waals surface area contributed by atoms with Crippen molar-refractivity contribution in [1.29, 1.82) is 0 Å². The predicted octanol–water partition coefficient (Wildman–Crippen LogP) is 1.74. The number of esters is 1. The van der Waals surface area contributed by atoms with Crippen molar-refractivity contribution in [3.8, 4) is 0 Å². The van der Waals surface area contributed by atoms with Crippen molar-refractivity contribution in [2.24, 2.45) is 11.8 Å². The van der Waals surface area contributed by atoms with Gasteiger partial charge in [-0.1, -0.05) is 13.3 Å². The third-order valence-electron chi connectivity index (χ3n) is 2.96. The second-order valence-electron chi connectivity index (χ2n) is 3.83. The summed E-state index contributed by atoms with van der Waals surface area (Å²) in [5, 5.41) is 0. The van der Waals surface area contributed by atoms with E-state index < -0.39 is 0 Å². The van der Waals surface area contributed by atoms with Gasteiger partial charge >= 0.3 is 5.97 Å². The van der Waals surface area contributed by atoms with E-state index in [0.29, 0.717) is 18.3 Å². The maximum atomic E-state index is 10.9. The molecule has 11 heavy (non-hydrogen) atoms. The summed E-state index contributed by atoms with van der Waals surface area (Å²) in [6.07, 6.45) is 4.64. The van der Waals surface area contributed by atoms with Crippen LogP contribution < -0.4 is 0 Å². The van der Waals surface area contributed by atoms with Gasteiger partial charge in [0.25, 0.3) is 0 Å². The number of carbonyl (C=O) groups excluding carboxylic acids is 1. The Bertz CT molecular complexity index is 176. The lowest BCUT2D eigenvalue weighted by atomic mass is 9.80. The monoisotopic (exact) mass is 154 g/mol. The normalized spacial score (nSPS) is 43.4. The minimum atomic E-state index is 0.0220. The van der Waals surface area contributed by atoms with Crippen LogP contribution in [-0.2, 0) is 9.53 Å². The molecule has 2 fully saturated rings. The van der Waals surface area contributed by atoms with Gasteiger partial charge in [-0.25, -0.2) is 0 Å². The molecule has 0 aromatic rings. The van der Waals surface area contributed by atoms with Crippen molar-refractivity contribution in [3.63, 3.8) is 0 Å². The second kappa shape index (κ2) is 2.50. The number of carbonyl (C=O) groups is 1. The van der Waals surface area contributed by atoms with Gasteiger partial charge in [-0.2, -0.15) is 0 Å². The Kier molecular flexibility index (Phi) is 1.63. The molecular formula is C9H14O2. The molecule has 1 saturated carbocycles. The number of rotatable bonds is 0. The molecule has 1 saturated heterocycles. The molecule has 0 spiro atoms. The highest BCUT2D eigenvalue weighted by molar-refractivity contribution is 5.72. The van der Waals surface area contributed by atoms with E-state index in [1.54, 1.807) is 0 Å². The van der Waals surface area contributed by atoms with Crippen LogP contribution in [0.4, 0.5) is 0 Å². The van der Waals surface area contributed by atoms with E-state index in [2.05, 4.69) is 6.92 Å². The van der Waals surface area contributed by atoms with Crippen LogP contribution in [0.3, 0.4) is 0 Å². The lowest BCUT2D eigenvalue weighted by Gasteiger charge is -2.28. The van der Waals surface area contributed by atoms with E-state index in [1.165, 1.54) is 19.3 Å². The molecule has 3 atom stereocenters. The highest BCUT2D eigenvalue weighted by Gasteiger charge is 2.40. The molecule has 0 radical (unpaired) electrons. The smallest absolute Gasteiger partial charge is 0.306 e. The van der Waals surface area contributed by atoms with E-state index in [9.17, 15) is 4.79 Å². The zero-order valence-corrected chi connectivity index (χ0v) is 6.88. The summed E-state index contributed by atoms with van der Waals surface area (Å²) in [6.45, 7) is 2.19. The molecular weight excluding hydrogens is 140 g/mol. The minimum absolute atomic E-state index is 0.0220. The topological polar surface area (TPSA) is 26.3 Å². The van der Waals surface area contributed by atoms with E-state index in [4.69, 9.17) is 4.74 Å². The summed E-state index contributed by atoms with van der Waals surface area (Å²) >= 11 is 0. The SMILES string of the molecule is C[C@@H]1CCC[C@@H]2CC(=O)O[C@H]21. The first-order chi connectivity index (χ1) is 5.27. The molecule has 0 N–H and O–H groups in total. The molecule has 0 bridgehead atoms. The van der Waals surface area contributed by atoms with Gasteiger partial charge in [0.05, 0.1) is 6.42 Å². The van der Waals surface area contributed by atoms with Crippen LogP contribution in [0.5, 0.6) is 0 Å². The van der Waals surface area contributed by atoms with E-state index in [1.807, 2.05) is 0 Å². The largest absolute Gasteiger partial charge is 0.462 e. The predicted molar refractivity (Wildman–Crippen MR) is 41.0 cm³/mol. The van der Waals surface area contributed by atoms with Gasteiger partial charge in [0.15, 0.2) is 0 Å². The fourth-order valence-electron chi connectivity index (χ4n) is 2.34. The third-order valence-corrected chi connectivity index (χ3v) is 2.96. The van der Waals surface area contributed by atoms with E-state index in [-0.39, 0.29) is 12.1 Å². The summed E-state index contributed by atoms with van der Waals surface area (Å²) in [6, 6.07) is 0. The van der Waals surface area contributed by atoms with E-state index in [0.717, 1.165) is 0 Å². The van der Waals surface area contributed by atoms with Gasteiger partial charge < -0.3 is 4.74 Å². The highest BCUT2D eigenvalue weighted by Crippen LogP contribution is 2.37. The maximum absolute atomic E-state index is 10.9. The summed E-state index contributed by atoms with van der Waals surface area (Å²) in [5.41, 5.74) is 0. The van der Waals surface area contributed by atoms with Crippen LogP contribution in [0.25, 0.3) is 0 Å². The fraction of sp³-hybridized carbons (Fsp3) is 0.889. The minimum Gasteiger partial charge on any atom is -0.462 e. The van der Waals surface area contributed by atoms with Crippen LogP contribution in [0.1, 0.15) is 32.6 Å². The van der Waals surface area contributed by atoms with Crippen molar-refractivity contribution < 1.29 is 9.53 Å². The molecule has 1 aliphatic carbocycles. The number of fused-ring (bicyclic) bond motifs is 1. The van der Waals surface area contributed by atoms with Crippen molar-refractivity contribution in [3.05, 3.63) is 0 Å². The fourth-order valence-corrected chi connectivity index (χ4v) is 2.34. The maximum Gasteiger partial charge on any atom is 0.306 e. The summed E-state index contributed by atoms with van der Waals surface area (Å²) in [5.74, 6) is 1.17. The van der Waals surface area contributed by atoms with Crippen molar-refractivity contribution in [1.82, 2.24) is 0 Å². The zero-order valence-electron chi connectivity index (χ0n) is 6.88. The quantitative estimate of drug-likeness (QED) is 0.497. The highest BCUT2D eigenvalue weighted by atomic mass is 16.6. The molecule has 62 valence electrons. The Morgan fingerprint density at radius 3 is 3.00 bits per heavy atom. The Labute approximate surface area is 66.9 Å². The molecule has 0 aromatic carbocycles. The Morgan fingerprint density at radius 1 is 1.45 bits per heavy atom. The van der Waals surface area contributed by atoms with Gasteiger partial charge in [0.2, 0.25) is 0 Å². The molecule has 1 heterocycles. The Morgan fingerprint density at radius 2 is 2.27 bits per heavy atom. The summed E-state index contributed by atoms with van der Waals surface area (Å²) in [7, 11) is 0. The molecule has 1 aliphatic heterocycles. The molecule has 2 aliphatic rings. The molecule has 2 heteroatoms. The molecule has 0 unspecified atom stereocenters. The average molecular weight is 154 g/mol. The Balaban J connectivity index is 2.09. The third kappa shape index (κ3) is 1.15. The average Bonchev–Trinajstić information content (AvgIpc) is 2.31. The first-order valence-electron chi connectivity index (χ1n) is 4.47. The van der Waals surface area contributed by atoms with Gasteiger partial charge in [-0.15, -0.1) is 0 Å². The van der Waals surface area contributed by atoms with E-state index >= 15 is 0 Å². The van der Waals surface area contributed by atoms with Crippen LogP contribution in [0.15, 0.2) is 0 Å². The van der Waals surface area contributed by atoms with Crippen LogP contribution in [0, 0.1) is 11.8 Å². The number of ether oxygens (including phenoxy) is 1. The summed E-state index contributed by atoms with van der Waals surface area (Å²) < 4.78 is 5.24. The number of hydrogen-bond donors (Lipinski definition) is 0. The van der Waals surface area contributed by atoms with Gasteiger partial charge in [-0.3, -0.25) is 4.79 Å². The Hall–Kier alpha value is -0.530. The lowest BCUT2D eigenvalue weighted by Crippen LogP contribution is -2.28. The van der Waals surface area contributed by atoms with Gasteiger partial charge in [-0.05, 0) is 18.8 Å².